The van der Waals surface area contributed by atoms with Crippen molar-refractivity contribution in [3.63, 3.8) is 0 Å². The lowest BCUT2D eigenvalue weighted by Crippen LogP contribution is -1.99. The van der Waals surface area contributed by atoms with Crippen LogP contribution in [-0.4, -0.2) is 18.3 Å². The number of para-hydroxylation sites is 7. The molecule has 0 aliphatic rings. The second-order valence-corrected chi connectivity index (χ2v) is 25.7. The number of nitrogens with zero attached hydrogens (tertiary/aromatic N) is 8. The first kappa shape index (κ1) is 55.9. The largest absolute Gasteiger partial charge is 0.455 e. The molecule has 9 nitrogen and oxygen atoms in total. The van der Waals surface area contributed by atoms with Gasteiger partial charge in [-0.15, -0.1) is 11.3 Å². The monoisotopic (exact) mass is 1260 g/mol. The highest BCUT2D eigenvalue weighted by atomic mass is 32.1. The molecule has 0 amide bonds. The molecule has 0 radical (unpaired) electrons. The second kappa shape index (κ2) is 21.9. The molecule has 98 heavy (non-hydrogen) atoms. The predicted molar refractivity (Wildman–Crippen MR) is 400 cm³/mol. The average Bonchev–Trinajstić information content (AvgIpc) is 1.57. The van der Waals surface area contributed by atoms with E-state index in [1.54, 1.807) is 11.3 Å². The van der Waals surface area contributed by atoms with Gasteiger partial charge in [0, 0.05) is 102 Å². The van der Waals surface area contributed by atoms with Gasteiger partial charge in [0.25, 0.3) is 0 Å². The molecule has 0 N–H and O–H groups in total. The van der Waals surface area contributed by atoms with Crippen LogP contribution < -0.4 is 0 Å². The molecule has 20 rings (SSSR count). The Labute approximate surface area is 563 Å². The Hall–Kier alpha value is -13.7. The van der Waals surface area contributed by atoms with Gasteiger partial charge in [-0.2, -0.15) is 21.0 Å². The fourth-order valence-electron chi connectivity index (χ4n) is 15.5. The molecule has 452 valence electrons. The Bertz CT molecular complexity index is 6990. The third kappa shape index (κ3) is 8.21. The third-order valence-corrected chi connectivity index (χ3v) is 20.8. The summed E-state index contributed by atoms with van der Waals surface area (Å²) in [5.74, 6) is 0. The summed E-state index contributed by atoms with van der Waals surface area (Å²) >= 11 is 1.81. The molecule has 20 aromatic rings. The standard InChI is InChI=1S/C44H24N4O.C44H24N4S/c45-25-27-17-20-39-35(23-27)30-11-4-6-15-37(30)48(39)40-21-18-28(26-46)24-36(40)32-14-8-13-31-33-19-22-41-42(44(33)49-43(31)32)34-12-5-7-16-38(34)47(41)29-9-2-1-3-10-29;45-25-27-20-22-38-35(24-27)30-13-4-6-17-36(30)48(38)39-19-8-10-28(26-46)41(39)34-16-9-15-31-32-21-23-40-42(44(32)49-43(31)34)33-14-5-7-18-37(33)47(40)29-11-2-1-3-12-29/h2*1-24H. The van der Waals surface area contributed by atoms with Gasteiger partial charge in [-0.05, 0) is 133 Å². The molecule has 0 spiro atoms. The van der Waals surface area contributed by atoms with Crippen LogP contribution in [0.15, 0.2) is 296 Å². The number of aromatic nitrogens is 4. The van der Waals surface area contributed by atoms with Crippen LogP contribution in [0.4, 0.5) is 0 Å². The molecule has 0 atom stereocenters. The van der Waals surface area contributed by atoms with Gasteiger partial charge in [0.15, 0.2) is 0 Å². The summed E-state index contributed by atoms with van der Waals surface area (Å²) in [7, 11) is 0. The van der Waals surface area contributed by atoms with E-state index < -0.39 is 0 Å². The van der Waals surface area contributed by atoms with Crippen LogP contribution in [0.2, 0.25) is 0 Å². The summed E-state index contributed by atoms with van der Waals surface area (Å²) in [5.41, 5.74) is 20.4. The molecule has 0 unspecified atom stereocenters. The molecule has 10 heteroatoms. The fourth-order valence-corrected chi connectivity index (χ4v) is 16.8. The Morgan fingerprint density at radius 3 is 1.31 bits per heavy atom. The van der Waals surface area contributed by atoms with Crippen molar-refractivity contribution < 1.29 is 4.42 Å². The van der Waals surface area contributed by atoms with Crippen LogP contribution in [0.5, 0.6) is 0 Å². The number of furan rings is 1. The van der Waals surface area contributed by atoms with Crippen molar-refractivity contribution in [2.45, 2.75) is 0 Å². The van der Waals surface area contributed by atoms with Crippen molar-refractivity contribution >= 4 is 141 Å². The van der Waals surface area contributed by atoms with Crippen LogP contribution in [0.25, 0.3) is 174 Å². The molecular weight excluding hydrogens is 1220 g/mol. The van der Waals surface area contributed by atoms with E-state index >= 15 is 0 Å². The zero-order valence-corrected chi connectivity index (χ0v) is 52.9. The van der Waals surface area contributed by atoms with Gasteiger partial charge in [-0.25, -0.2) is 0 Å². The Morgan fingerprint density at radius 1 is 0.265 bits per heavy atom. The van der Waals surface area contributed by atoms with Crippen molar-refractivity contribution in [2.75, 3.05) is 0 Å². The van der Waals surface area contributed by atoms with Gasteiger partial charge in [0.2, 0.25) is 0 Å². The smallest absolute Gasteiger partial charge is 0.145 e. The number of hydrogen-bond acceptors (Lipinski definition) is 6. The zero-order chi connectivity index (χ0) is 65.3. The first-order valence-electron chi connectivity index (χ1n) is 32.3. The number of thiophene rings is 1. The van der Waals surface area contributed by atoms with Gasteiger partial charge in [-0.3, -0.25) is 0 Å². The van der Waals surface area contributed by atoms with Gasteiger partial charge in [0.1, 0.15) is 11.2 Å². The van der Waals surface area contributed by atoms with Crippen molar-refractivity contribution in [3.05, 3.63) is 313 Å². The van der Waals surface area contributed by atoms with Crippen LogP contribution in [0.1, 0.15) is 22.3 Å². The summed E-state index contributed by atoms with van der Waals surface area (Å²) in [5, 5.41) is 53.3. The van der Waals surface area contributed by atoms with Crippen LogP contribution >= 0.6 is 11.3 Å². The van der Waals surface area contributed by atoms with E-state index in [0.29, 0.717) is 22.3 Å². The zero-order valence-electron chi connectivity index (χ0n) is 52.1. The lowest BCUT2D eigenvalue weighted by atomic mass is 9.96. The number of fused-ring (bicyclic) bond motifs is 20. The highest BCUT2D eigenvalue weighted by Crippen LogP contribution is 2.50. The van der Waals surface area contributed by atoms with E-state index in [-0.39, 0.29) is 0 Å². The highest BCUT2D eigenvalue weighted by molar-refractivity contribution is 7.27. The van der Waals surface area contributed by atoms with Crippen LogP contribution in [0, 0.1) is 45.3 Å². The average molecular weight is 1270 g/mol. The van der Waals surface area contributed by atoms with Crippen LogP contribution in [0.3, 0.4) is 0 Å². The molecule has 0 saturated carbocycles. The lowest BCUT2D eigenvalue weighted by Gasteiger charge is -2.16. The number of hydrogen-bond donors (Lipinski definition) is 0. The Balaban J connectivity index is 0.000000137. The molecular formula is C88H48N8OS. The minimum Gasteiger partial charge on any atom is -0.455 e. The summed E-state index contributed by atoms with van der Waals surface area (Å²) < 4.78 is 18.5. The molecule has 0 saturated heterocycles. The SMILES string of the molecule is N#Cc1ccc(-n2c3ccccc3c3cc(C#N)ccc32)c(-c2cccc3c2oc2c3ccc3c2c2ccccc2n3-c2ccccc2)c1.N#Cc1ccc2c(c1)c1ccccc1n2-c1cccc(C#N)c1-c1cccc2c1sc1c2ccc2c1c1ccccc1n2-c1ccccc1. The van der Waals surface area contributed by atoms with E-state index in [1.165, 1.54) is 37.3 Å². The van der Waals surface area contributed by atoms with Gasteiger partial charge in [-0.1, -0.05) is 158 Å². The van der Waals surface area contributed by atoms with Crippen molar-refractivity contribution in [1.29, 1.82) is 21.0 Å². The minimum atomic E-state index is 0.563. The number of rotatable bonds is 6. The maximum atomic E-state index is 10.6. The van der Waals surface area contributed by atoms with E-state index in [9.17, 15) is 21.0 Å². The molecule has 6 heterocycles. The quantitative estimate of drug-likeness (QED) is 0.164. The molecule has 0 bridgehead atoms. The van der Waals surface area contributed by atoms with Gasteiger partial charge in [0.05, 0.1) is 107 Å². The van der Waals surface area contributed by atoms with E-state index in [1.807, 2.05) is 97.1 Å². The molecule has 14 aromatic carbocycles. The number of nitriles is 4. The van der Waals surface area contributed by atoms with Gasteiger partial charge >= 0.3 is 0 Å². The van der Waals surface area contributed by atoms with Gasteiger partial charge < -0.3 is 22.7 Å². The molecule has 0 aliphatic carbocycles. The fraction of sp³-hybridized carbons (Fsp3) is 0. The van der Waals surface area contributed by atoms with Crippen molar-refractivity contribution in [3.8, 4) is 69.3 Å². The summed E-state index contributed by atoms with van der Waals surface area (Å²) in [6.07, 6.45) is 0. The number of benzene rings is 14. The predicted octanol–water partition coefficient (Wildman–Crippen LogP) is 22.8. The normalized spacial score (nSPS) is 11.6. The molecule has 0 aliphatic heterocycles. The van der Waals surface area contributed by atoms with Crippen molar-refractivity contribution in [1.82, 2.24) is 18.3 Å². The minimum absolute atomic E-state index is 0.563. The topological polar surface area (TPSA) is 128 Å². The summed E-state index contributed by atoms with van der Waals surface area (Å²) in [6.45, 7) is 0. The first-order chi connectivity index (χ1) is 48.5. The Morgan fingerprint density at radius 2 is 0.704 bits per heavy atom. The van der Waals surface area contributed by atoms with Crippen LogP contribution in [-0.2, 0) is 0 Å². The maximum Gasteiger partial charge on any atom is 0.145 e. The maximum absolute atomic E-state index is 10.6. The van der Waals surface area contributed by atoms with E-state index in [0.717, 1.165) is 137 Å². The first-order valence-corrected chi connectivity index (χ1v) is 33.1. The third-order valence-electron chi connectivity index (χ3n) is 19.6. The summed E-state index contributed by atoms with van der Waals surface area (Å²) in [4.78, 5) is 0. The van der Waals surface area contributed by atoms with Crippen molar-refractivity contribution in [2.24, 2.45) is 0 Å². The molecule has 0 fully saturated rings. The Kier molecular flexibility index (Phi) is 12.5. The van der Waals surface area contributed by atoms with E-state index in [2.05, 4.69) is 237 Å². The molecule has 6 aromatic heterocycles. The summed E-state index contributed by atoms with van der Waals surface area (Å²) in [6, 6.07) is 109. The second-order valence-electron chi connectivity index (χ2n) is 24.7. The van der Waals surface area contributed by atoms with E-state index in [4.69, 9.17) is 4.42 Å². The highest BCUT2D eigenvalue weighted by Gasteiger charge is 2.26. The lowest BCUT2D eigenvalue weighted by molar-refractivity contribution is 0.674.